The third-order valence-electron chi connectivity index (χ3n) is 11.2. The Labute approximate surface area is 392 Å². The van der Waals surface area contributed by atoms with E-state index in [4.69, 9.17) is 24.7 Å². The van der Waals surface area contributed by atoms with Crippen molar-refractivity contribution in [1.29, 1.82) is 0 Å². The molecule has 68 heavy (non-hydrogen) atoms. The third-order valence-corrected chi connectivity index (χ3v) is 11.2. The lowest BCUT2D eigenvalue weighted by molar-refractivity contribution is -0.151. The first-order valence-electron chi connectivity index (χ1n) is 22.1. The standard InChI is InChI=1S/C47H59N7O14/c1-26(2)41(46(63)52-27(3)44(61)50-21-39(57)51-25-65-24-40(58)66-22-28-11-5-4-6-12-28)54-45(62)34(17-18-38(56)49-20-36-43(60)42(59)35(68-36)19-37(48)55)53-47(64)67-23-33-31-15-9-7-13-29(31)30-14-8-10-16-32(30)33/h4-16,26-27,33-36,41-43,59-60H,17-25H2,1-3H3,(H2,48,55)(H,49,56)(H,50,61)(H,51,57)(H,52,63)(H,53,64)(H,54,62)/t27-,34-,35-,36+,41-,42-,43+/m0/s1. The minimum absolute atomic E-state index is 0.0605. The molecule has 0 bridgehead atoms. The minimum atomic E-state index is -1.43. The molecular formula is C47H59N7O14. The Hall–Kier alpha value is -6.94. The normalized spacial score (nSPS) is 18.4. The molecule has 7 amide bonds. The van der Waals surface area contributed by atoms with Gasteiger partial charge < -0.3 is 66.8 Å². The molecule has 21 nitrogen and oxygen atoms in total. The molecule has 1 heterocycles. The van der Waals surface area contributed by atoms with E-state index in [2.05, 4.69) is 31.9 Å². The Kier molecular flexibility index (Phi) is 19.3. The predicted octanol–water partition coefficient (Wildman–Crippen LogP) is -0.250. The van der Waals surface area contributed by atoms with Crippen molar-refractivity contribution in [2.24, 2.45) is 11.7 Å². The maximum Gasteiger partial charge on any atom is 0.407 e. The van der Waals surface area contributed by atoms with Gasteiger partial charge in [0.05, 0.1) is 19.1 Å². The van der Waals surface area contributed by atoms with Crippen LogP contribution in [0.1, 0.15) is 62.6 Å². The first-order chi connectivity index (χ1) is 32.5. The van der Waals surface area contributed by atoms with Gasteiger partial charge in [-0.15, -0.1) is 0 Å². The van der Waals surface area contributed by atoms with Gasteiger partial charge in [0.25, 0.3) is 0 Å². The molecule has 10 N–H and O–H groups in total. The molecule has 0 radical (unpaired) electrons. The highest BCUT2D eigenvalue weighted by atomic mass is 16.6. The summed E-state index contributed by atoms with van der Waals surface area (Å²) in [6, 6.07) is 20.6. The number of esters is 1. The SMILES string of the molecule is CC(C)[C@H](NC(=O)[C@H](CCC(=O)NC[C@H]1O[C@@H](CC(N)=O)[C@H](O)[C@@H]1O)NC(=O)OCC1c2ccccc2-c2ccccc21)C(=O)N[C@@H](C)C(=O)NCC(=O)NCOCC(=O)OCc1ccccc1. The van der Waals surface area contributed by atoms with E-state index in [9.17, 15) is 48.6 Å². The van der Waals surface area contributed by atoms with E-state index in [0.717, 1.165) is 27.8 Å². The van der Waals surface area contributed by atoms with Gasteiger partial charge in [-0.05, 0) is 47.1 Å². The maximum absolute atomic E-state index is 13.9. The smallest absolute Gasteiger partial charge is 0.407 e. The zero-order valence-electron chi connectivity index (χ0n) is 37.9. The van der Waals surface area contributed by atoms with Crippen LogP contribution in [-0.4, -0.2) is 133 Å². The highest BCUT2D eigenvalue weighted by Gasteiger charge is 2.43. The van der Waals surface area contributed by atoms with E-state index in [1.807, 2.05) is 54.6 Å². The van der Waals surface area contributed by atoms with Crippen molar-refractivity contribution in [2.75, 3.05) is 33.0 Å². The molecule has 7 atom stereocenters. The Bertz CT molecular complexity index is 2220. The molecule has 0 spiro atoms. The van der Waals surface area contributed by atoms with Crippen molar-refractivity contribution in [3.8, 4) is 11.1 Å². The number of carbonyl (C=O) groups is 8. The summed E-state index contributed by atoms with van der Waals surface area (Å²) in [6.07, 6.45) is -6.96. The number of hydrogen-bond acceptors (Lipinski definition) is 14. The lowest BCUT2D eigenvalue weighted by atomic mass is 9.98. The van der Waals surface area contributed by atoms with Crippen LogP contribution < -0.4 is 37.6 Å². The topological polar surface area (TPSA) is 312 Å². The van der Waals surface area contributed by atoms with E-state index < -0.39 is 109 Å². The van der Waals surface area contributed by atoms with Crippen molar-refractivity contribution in [2.45, 2.75) is 95.1 Å². The molecular weight excluding hydrogens is 887 g/mol. The van der Waals surface area contributed by atoms with Crippen LogP contribution in [0.2, 0.25) is 0 Å². The molecule has 1 aliphatic heterocycles. The van der Waals surface area contributed by atoms with Gasteiger partial charge >= 0.3 is 12.1 Å². The average Bonchev–Trinajstić information content (AvgIpc) is 3.78. The van der Waals surface area contributed by atoms with Gasteiger partial charge in [0.15, 0.2) is 0 Å². The number of alkyl carbamates (subject to hydrolysis) is 1. The first-order valence-corrected chi connectivity index (χ1v) is 22.1. The number of hydrogen-bond donors (Lipinski definition) is 9. The van der Waals surface area contributed by atoms with E-state index in [0.29, 0.717) is 0 Å². The second kappa shape index (κ2) is 25.3. The Morgan fingerprint density at radius 3 is 1.99 bits per heavy atom. The van der Waals surface area contributed by atoms with Crippen molar-refractivity contribution in [3.63, 3.8) is 0 Å². The number of aliphatic hydroxyl groups is 2. The lowest BCUT2D eigenvalue weighted by Crippen LogP contribution is -2.58. The second-order valence-electron chi connectivity index (χ2n) is 16.6. The molecule has 3 aromatic carbocycles. The van der Waals surface area contributed by atoms with Gasteiger partial charge in [0.1, 0.15) is 63.0 Å². The monoisotopic (exact) mass is 945 g/mol. The Morgan fingerprint density at radius 1 is 0.706 bits per heavy atom. The van der Waals surface area contributed by atoms with Gasteiger partial charge in [-0.1, -0.05) is 92.7 Å². The number of nitrogens with one attached hydrogen (secondary N) is 6. The molecule has 3 aromatic rings. The summed E-state index contributed by atoms with van der Waals surface area (Å²) < 4.78 is 21.4. The number of fused-ring (bicyclic) bond motifs is 3. The number of rotatable bonds is 24. The molecule has 2 aliphatic rings. The van der Waals surface area contributed by atoms with Crippen LogP contribution in [0.5, 0.6) is 0 Å². The van der Waals surface area contributed by atoms with E-state index in [1.54, 1.807) is 38.1 Å². The summed E-state index contributed by atoms with van der Waals surface area (Å²) in [7, 11) is 0. The quantitative estimate of drug-likeness (QED) is 0.0318. The third kappa shape index (κ3) is 15.0. The molecule has 0 unspecified atom stereocenters. The average molecular weight is 946 g/mol. The number of benzene rings is 3. The van der Waals surface area contributed by atoms with E-state index >= 15 is 0 Å². The Balaban J connectivity index is 1.13. The van der Waals surface area contributed by atoms with Crippen LogP contribution in [0.15, 0.2) is 78.9 Å². The predicted molar refractivity (Wildman–Crippen MR) is 241 cm³/mol. The molecule has 0 aromatic heterocycles. The van der Waals surface area contributed by atoms with Gasteiger partial charge in [-0.3, -0.25) is 28.8 Å². The van der Waals surface area contributed by atoms with Gasteiger partial charge in [-0.25, -0.2) is 9.59 Å². The van der Waals surface area contributed by atoms with Crippen molar-refractivity contribution < 1.29 is 67.5 Å². The molecule has 366 valence electrons. The number of amides is 7. The van der Waals surface area contributed by atoms with Crippen molar-refractivity contribution >= 4 is 47.5 Å². The molecule has 5 rings (SSSR count). The van der Waals surface area contributed by atoms with Crippen molar-refractivity contribution in [1.82, 2.24) is 31.9 Å². The fourth-order valence-electron chi connectivity index (χ4n) is 7.58. The number of carbonyl (C=O) groups excluding carboxylic acids is 8. The van der Waals surface area contributed by atoms with E-state index in [-0.39, 0.29) is 51.7 Å². The summed E-state index contributed by atoms with van der Waals surface area (Å²) in [6.45, 7) is 3.09. The van der Waals surface area contributed by atoms with E-state index in [1.165, 1.54) is 6.92 Å². The highest BCUT2D eigenvalue weighted by Crippen LogP contribution is 2.44. The molecule has 21 heteroatoms. The summed E-state index contributed by atoms with van der Waals surface area (Å²) in [5, 5.41) is 35.6. The first kappa shape index (κ1) is 52.0. The zero-order chi connectivity index (χ0) is 49.3. The highest BCUT2D eigenvalue weighted by molar-refractivity contribution is 5.95. The van der Waals surface area contributed by atoms with Crippen LogP contribution in [0.4, 0.5) is 4.79 Å². The molecule has 1 saturated heterocycles. The summed E-state index contributed by atoms with van der Waals surface area (Å²) >= 11 is 0. The minimum Gasteiger partial charge on any atom is -0.459 e. The van der Waals surface area contributed by atoms with Gasteiger partial charge in [0.2, 0.25) is 35.4 Å². The van der Waals surface area contributed by atoms with Crippen LogP contribution in [0, 0.1) is 5.92 Å². The maximum atomic E-state index is 13.9. The number of nitrogens with two attached hydrogens (primary N) is 1. The molecule has 1 aliphatic carbocycles. The molecule has 0 saturated carbocycles. The number of ether oxygens (including phenoxy) is 4. The molecule has 1 fully saturated rings. The fourth-order valence-corrected chi connectivity index (χ4v) is 7.58. The largest absolute Gasteiger partial charge is 0.459 e. The van der Waals surface area contributed by atoms with Crippen molar-refractivity contribution in [3.05, 3.63) is 95.6 Å². The Morgan fingerprint density at radius 2 is 1.34 bits per heavy atom. The number of aliphatic hydroxyl groups excluding tert-OH is 2. The second-order valence-corrected chi connectivity index (χ2v) is 16.6. The van der Waals surface area contributed by atoms with Crippen LogP contribution in [-0.2, 0) is 59.1 Å². The fraction of sp³-hybridized carbons (Fsp3) is 0.447. The van der Waals surface area contributed by atoms with Gasteiger partial charge in [0, 0.05) is 18.9 Å². The van der Waals surface area contributed by atoms with Crippen LogP contribution in [0.25, 0.3) is 11.1 Å². The summed E-state index contributed by atoms with van der Waals surface area (Å²) in [5.74, 6) is -5.88. The number of primary amides is 1. The lowest BCUT2D eigenvalue weighted by Gasteiger charge is -2.26. The van der Waals surface area contributed by atoms with Gasteiger partial charge in [-0.2, -0.15) is 0 Å². The van der Waals surface area contributed by atoms with Crippen LogP contribution in [0.3, 0.4) is 0 Å². The van der Waals surface area contributed by atoms with Crippen LogP contribution >= 0.6 is 0 Å². The zero-order valence-corrected chi connectivity index (χ0v) is 37.9. The summed E-state index contributed by atoms with van der Waals surface area (Å²) in [4.78, 5) is 102. The summed E-state index contributed by atoms with van der Waals surface area (Å²) in [5.41, 5.74) is 9.91.